The largest absolute Gasteiger partial charge is 0.361 e. The van der Waals surface area contributed by atoms with Crippen LogP contribution >= 0.6 is 0 Å². The molecule has 5 atom stereocenters. The van der Waals surface area contributed by atoms with E-state index in [1.54, 1.807) is 0 Å². The van der Waals surface area contributed by atoms with Gasteiger partial charge in [0.15, 0.2) is 5.78 Å². The Morgan fingerprint density at radius 3 is 2.61 bits per heavy atom. The van der Waals surface area contributed by atoms with Crippen LogP contribution in [-0.2, 0) is 9.53 Å². The summed E-state index contributed by atoms with van der Waals surface area (Å²) in [6, 6.07) is 0. The van der Waals surface area contributed by atoms with Gasteiger partial charge in [0, 0.05) is 5.92 Å². The van der Waals surface area contributed by atoms with Crippen molar-refractivity contribution >= 4 is 5.78 Å². The monoisotopic (exact) mass is 248 g/mol. The van der Waals surface area contributed by atoms with Crippen molar-refractivity contribution < 1.29 is 9.53 Å². The van der Waals surface area contributed by atoms with Crippen LogP contribution in [-0.4, -0.2) is 18.0 Å². The van der Waals surface area contributed by atoms with Crippen LogP contribution < -0.4 is 0 Å². The van der Waals surface area contributed by atoms with E-state index in [4.69, 9.17) is 4.74 Å². The van der Waals surface area contributed by atoms with Gasteiger partial charge in [-0.25, -0.2) is 0 Å². The minimum absolute atomic E-state index is 0.0681. The molecule has 1 heterocycles. The van der Waals surface area contributed by atoms with E-state index in [0.717, 1.165) is 19.3 Å². The molecule has 0 aromatic carbocycles. The maximum atomic E-state index is 12.5. The molecule has 0 unspecified atom stereocenters. The van der Waals surface area contributed by atoms with Crippen molar-refractivity contribution in [2.45, 2.75) is 59.2 Å². The molecule has 3 fully saturated rings. The third-order valence-corrected chi connectivity index (χ3v) is 6.69. The zero-order valence-electron chi connectivity index (χ0n) is 12.0. The zero-order valence-corrected chi connectivity index (χ0v) is 12.0. The molecule has 100 valence electrons. The Balaban J connectivity index is 2.10. The fraction of sp³-hybridized carbons (Fsp3) is 0.812. The lowest BCUT2D eigenvalue weighted by Gasteiger charge is -2.48. The van der Waals surface area contributed by atoms with E-state index in [0.29, 0.717) is 5.78 Å². The van der Waals surface area contributed by atoms with Gasteiger partial charge in [-0.1, -0.05) is 33.8 Å². The number of hydrogen-bond donors (Lipinski definition) is 0. The summed E-state index contributed by atoms with van der Waals surface area (Å²) in [4.78, 5) is 12.5. The van der Waals surface area contributed by atoms with Crippen LogP contribution in [0.5, 0.6) is 0 Å². The second-order valence-corrected chi connectivity index (χ2v) is 7.57. The Kier molecular flexibility index (Phi) is 2.26. The molecule has 2 bridgehead atoms. The van der Waals surface area contributed by atoms with Crippen LogP contribution in [0.3, 0.4) is 0 Å². The summed E-state index contributed by atoms with van der Waals surface area (Å²) in [6.07, 6.45) is 5.15. The lowest BCUT2D eigenvalue weighted by atomic mass is 9.56. The number of carbonyl (C=O) groups is 1. The van der Waals surface area contributed by atoms with Gasteiger partial charge in [-0.2, -0.15) is 0 Å². The quantitative estimate of drug-likeness (QED) is 0.554. The average molecular weight is 248 g/mol. The molecule has 1 saturated heterocycles. The summed E-state index contributed by atoms with van der Waals surface area (Å²) in [5, 5.41) is 0. The third-order valence-electron chi connectivity index (χ3n) is 6.69. The predicted octanol–water partition coefficient (Wildman–Crippen LogP) is 3.36. The van der Waals surface area contributed by atoms with Gasteiger partial charge >= 0.3 is 0 Å². The van der Waals surface area contributed by atoms with E-state index in [9.17, 15) is 4.79 Å². The first-order valence-corrected chi connectivity index (χ1v) is 7.07. The highest BCUT2D eigenvalue weighted by atomic mass is 16.6. The summed E-state index contributed by atoms with van der Waals surface area (Å²) in [5.41, 5.74) is 0.401. The molecular weight excluding hydrogens is 224 g/mol. The molecule has 2 saturated carbocycles. The number of Topliss-reactive ketones (excluding diaryl/α,β-unsaturated/α-hetero) is 1. The van der Waals surface area contributed by atoms with Crippen molar-refractivity contribution in [1.82, 2.24) is 0 Å². The summed E-state index contributed by atoms with van der Waals surface area (Å²) in [5.74, 6) is 0.520. The first kappa shape index (κ1) is 12.4. The van der Waals surface area contributed by atoms with Gasteiger partial charge in [0.25, 0.3) is 0 Å². The average Bonchev–Trinajstić information content (AvgIpc) is 3.00. The number of hydrogen-bond acceptors (Lipinski definition) is 2. The van der Waals surface area contributed by atoms with Crippen molar-refractivity contribution in [3.63, 3.8) is 0 Å². The number of epoxide rings is 1. The number of ether oxygens (including phenoxy) is 1. The van der Waals surface area contributed by atoms with Gasteiger partial charge in [0.2, 0.25) is 0 Å². The molecule has 2 nitrogen and oxygen atoms in total. The van der Waals surface area contributed by atoms with Crippen molar-refractivity contribution in [2.24, 2.45) is 22.2 Å². The van der Waals surface area contributed by atoms with Crippen molar-refractivity contribution in [3.05, 3.63) is 12.7 Å². The fourth-order valence-electron chi connectivity index (χ4n) is 4.84. The van der Waals surface area contributed by atoms with Gasteiger partial charge in [0.05, 0.1) is 6.10 Å². The third kappa shape index (κ3) is 1.20. The first-order chi connectivity index (χ1) is 8.27. The Morgan fingerprint density at radius 1 is 1.33 bits per heavy atom. The molecule has 18 heavy (non-hydrogen) atoms. The summed E-state index contributed by atoms with van der Waals surface area (Å²) in [6.45, 7) is 13.2. The number of rotatable bonds is 2. The summed E-state index contributed by atoms with van der Waals surface area (Å²) >= 11 is 0. The van der Waals surface area contributed by atoms with Crippen LogP contribution in [0.2, 0.25) is 0 Å². The molecule has 3 rings (SSSR count). The van der Waals surface area contributed by atoms with E-state index >= 15 is 0 Å². The van der Waals surface area contributed by atoms with Crippen molar-refractivity contribution in [1.29, 1.82) is 0 Å². The standard InChI is InChI=1S/C16H24O2/c1-6-7-15(4)8-10-12(17)13-11(18-13)9-16(15,5)14(10,2)3/h6,10-11,13H,1,7-9H2,2-5H3/t10-,11+,13+,15+,16+/m0/s1. The zero-order chi connectivity index (χ0) is 13.3. The van der Waals surface area contributed by atoms with Gasteiger partial charge in [-0.3, -0.25) is 4.79 Å². The molecular formula is C16H24O2. The number of ketones is 1. The van der Waals surface area contributed by atoms with Crippen LogP contribution in [0.4, 0.5) is 0 Å². The van der Waals surface area contributed by atoms with Gasteiger partial charge in [-0.05, 0) is 35.5 Å². The lowest BCUT2D eigenvalue weighted by molar-refractivity contribution is -0.128. The topological polar surface area (TPSA) is 29.6 Å². The molecule has 0 aromatic rings. The molecule has 0 amide bonds. The van der Waals surface area contributed by atoms with Gasteiger partial charge in [0.1, 0.15) is 6.10 Å². The minimum Gasteiger partial charge on any atom is -0.361 e. The lowest BCUT2D eigenvalue weighted by Crippen LogP contribution is -2.43. The smallest absolute Gasteiger partial charge is 0.167 e. The molecule has 2 aliphatic carbocycles. The highest BCUT2D eigenvalue weighted by molar-refractivity contribution is 5.90. The highest BCUT2D eigenvalue weighted by Gasteiger charge is 2.70. The second-order valence-electron chi connectivity index (χ2n) is 7.57. The number of carbonyl (C=O) groups excluding carboxylic acids is 1. The fourth-order valence-corrected chi connectivity index (χ4v) is 4.84. The Bertz CT molecular complexity index is 425. The molecule has 0 spiro atoms. The molecule has 3 aliphatic rings. The molecule has 2 heteroatoms. The molecule has 0 radical (unpaired) electrons. The van der Waals surface area contributed by atoms with E-state index in [1.807, 2.05) is 6.08 Å². The van der Waals surface area contributed by atoms with Crippen LogP contribution in [0, 0.1) is 22.2 Å². The van der Waals surface area contributed by atoms with E-state index < -0.39 is 0 Å². The Morgan fingerprint density at radius 2 is 2.00 bits per heavy atom. The van der Waals surface area contributed by atoms with E-state index in [1.165, 1.54) is 0 Å². The van der Waals surface area contributed by atoms with Crippen molar-refractivity contribution in [3.8, 4) is 0 Å². The number of allylic oxidation sites excluding steroid dienone is 1. The summed E-state index contributed by atoms with van der Waals surface area (Å²) in [7, 11) is 0. The predicted molar refractivity (Wildman–Crippen MR) is 71.2 cm³/mol. The van der Waals surface area contributed by atoms with Crippen molar-refractivity contribution in [2.75, 3.05) is 0 Å². The van der Waals surface area contributed by atoms with E-state index in [-0.39, 0.29) is 34.4 Å². The SMILES string of the molecule is C=CC[C@]1(C)C[C@H]2C(=O)[C@@H]3O[C@@H]3C[C@]1(C)C2(C)C. The van der Waals surface area contributed by atoms with Crippen LogP contribution in [0.25, 0.3) is 0 Å². The maximum absolute atomic E-state index is 12.5. The summed E-state index contributed by atoms with van der Waals surface area (Å²) < 4.78 is 5.61. The maximum Gasteiger partial charge on any atom is 0.167 e. The molecule has 1 aliphatic heterocycles. The van der Waals surface area contributed by atoms with E-state index in [2.05, 4.69) is 34.3 Å². The van der Waals surface area contributed by atoms with Gasteiger partial charge < -0.3 is 4.74 Å². The Hall–Kier alpha value is -0.630. The van der Waals surface area contributed by atoms with Crippen LogP contribution in [0.15, 0.2) is 12.7 Å². The minimum atomic E-state index is -0.0793. The molecule has 0 N–H and O–H groups in total. The highest BCUT2D eigenvalue weighted by Crippen LogP contribution is 2.71. The first-order valence-electron chi connectivity index (χ1n) is 7.07. The molecule has 0 aromatic heterocycles. The normalized spacial score (nSPS) is 52.7. The number of fused-ring (bicyclic) bond motifs is 3. The van der Waals surface area contributed by atoms with Gasteiger partial charge in [-0.15, -0.1) is 6.58 Å². The Labute approximate surface area is 110 Å². The van der Waals surface area contributed by atoms with Crippen LogP contribution in [0.1, 0.15) is 47.0 Å². The second kappa shape index (κ2) is 3.27.